The van der Waals surface area contributed by atoms with E-state index in [1.165, 1.54) is 18.2 Å². The molecule has 0 radical (unpaired) electrons. The number of benzene rings is 1. The summed E-state index contributed by atoms with van der Waals surface area (Å²) >= 11 is 5.70. The zero-order valence-corrected chi connectivity index (χ0v) is 13.0. The van der Waals surface area contributed by atoms with Crippen LogP contribution < -0.4 is 0 Å². The molecular weight excluding hydrogens is 319 g/mol. The maximum Gasteiger partial charge on any atom is 0.150 e. The third-order valence-electron chi connectivity index (χ3n) is 4.29. The van der Waals surface area contributed by atoms with Crippen LogP contribution >= 0.6 is 11.6 Å². The molecule has 1 saturated heterocycles. The molecular formula is C14H18ClFO4S. The van der Waals surface area contributed by atoms with Crippen molar-refractivity contribution < 1.29 is 23.0 Å². The Morgan fingerprint density at radius 1 is 1.33 bits per heavy atom. The summed E-state index contributed by atoms with van der Waals surface area (Å²) in [4.78, 5) is 0. The fourth-order valence-corrected chi connectivity index (χ4v) is 4.99. The Morgan fingerprint density at radius 3 is 2.48 bits per heavy atom. The van der Waals surface area contributed by atoms with Gasteiger partial charge in [-0.05, 0) is 36.5 Å². The second kappa shape index (κ2) is 6.20. The smallest absolute Gasteiger partial charge is 0.150 e. The Kier molecular flexibility index (Phi) is 4.92. The van der Waals surface area contributed by atoms with Gasteiger partial charge < -0.3 is 10.2 Å². The highest BCUT2D eigenvalue weighted by molar-refractivity contribution is 7.91. The van der Waals surface area contributed by atoms with Crippen molar-refractivity contribution in [3.8, 4) is 0 Å². The SMILES string of the molecule is O=S1(=O)CCC(C(CO)(CO)Cc2ccc(Cl)cc2F)C1. The second-order valence-electron chi connectivity index (χ2n) is 5.69. The zero-order chi connectivity index (χ0) is 15.7. The van der Waals surface area contributed by atoms with Crippen LogP contribution in [0.15, 0.2) is 18.2 Å². The topological polar surface area (TPSA) is 74.6 Å². The summed E-state index contributed by atoms with van der Waals surface area (Å²) in [6, 6.07) is 4.20. The van der Waals surface area contributed by atoms with Gasteiger partial charge in [0, 0.05) is 10.4 Å². The number of rotatable bonds is 5. The molecule has 21 heavy (non-hydrogen) atoms. The van der Waals surface area contributed by atoms with E-state index in [1.807, 2.05) is 0 Å². The van der Waals surface area contributed by atoms with Crippen LogP contribution in [0.25, 0.3) is 0 Å². The molecule has 0 spiro atoms. The van der Waals surface area contributed by atoms with E-state index in [9.17, 15) is 23.0 Å². The van der Waals surface area contributed by atoms with Crippen molar-refractivity contribution in [1.29, 1.82) is 0 Å². The van der Waals surface area contributed by atoms with Gasteiger partial charge >= 0.3 is 0 Å². The first kappa shape index (κ1) is 16.7. The maximum atomic E-state index is 13.9. The van der Waals surface area contributed by atoms with Gasteiger partial charge in [0.05, 0.1) is 24.7 Å². The van der Waals surface area contributed by atoms with Crippen molar-refractivity contribution in [2.75, 3.05) is 24.7 Å². The average molecular weight is 337 g/mol. The molecule has 7 heteroatoms. The van der Waals surface area contributed by atoms with Gasteiger partial charge in [0.1, 0.15) is 5.82 Å². The molecule has 1 aliphatic rings. The maximum absolute atomic E-state index is 13.9. The molecule has 0 saturated carbocycles. The van der Waals surface area contributed by atoms with Gasteiger partial charge in [-0.15, -0.1) is 0 Å². The lowest BCUT2D eigenvalue weighted by Gasteiger charge is -2.35. The molecule has 118 valence electrons. The highest BCUT2D eigenvalue weighted by Gasteiger charge is 2.44. The Morgan fingerprint density at radius 2 is 2.00 bits per heavy atom. The van der Waals surface area contributed by atoms with Crippen LogP contribution in [0.5, 0.6) is 0 Å². The molecule has 0 bridgehead atoms. The van der Waals surface area contributed by atoms with E-state index < -0.39 is 34.3 Å². The molecule has 1 aliphatic heterocycles. The lowest BCUT2D eigenvalue weighted by molar-refractivity contribution is 0.0118. The molecule has 2 rings (SSSR count). The quantitative estimate of drug-likeness (QED) is 0.853. The fraction of sp³-hybridized carbons (Fsp3) is 0.571. The number of aliphatic hydroxyl groups is 2. The Hall–Kier alpha value is -0.690. The lowest BCUT2D eigenvalue weighted by Crippen LogP contribution is -2.41. The van der Waals surface area contributed by atoms with Gasteiger partial charge in [-0.3, -0.25) is 0 Å². The summed E-state index contributed by atoms with van der Waals surface area (Å²) in [6.07, 6.45) is 0.446. The summed E-state index contributed by atoms with van der Waals surface area (Å²) < 4.78 is 37.2. The second-order valence-corrected chi connectivity index (χ2v) is 8.36. The van der Waals surface area contributed by atoms with Crippen molar-refractivity contribution in [2.45, 2.75) is 12.8 Å². The monoisotopic (exact) mass is 336 g/mol. The van der Waals surface area contributed by atoms with Crippen LogP contribution in [0.3, 0.4) is 0 Å². The van der Waals surface area contributed by atoms with Gasteiger partial charge in [0.2, 0.25) is 0 Å². The minimum Gasteiger partial charge on any atom is -0.396 e. The standard InChI is InChI=1S/C14H18ClFO4S/c15-12-2-1-10(13(16)5-12)6-14(8-17,9-18)11-3-4-21(19,20)7-11/h1-2,5,11,17-18H,3-4,6-9H2. The summed E-state index contributed by atoms with van der Waals surface area (Å²) in [5.74, 6) is -0.937. The molecule has 1 aromatic rings. The third kappa shape index (κ3) is 3.56. The molecule has 1 aromatic carbocycles. The van der Waals surface area contributed by atoms with Crippen molar-refractivity contribution in [3.63, 3.8) is 0 Å². The van der Waals surface area contributed by atoms with Crippen molar-refractivity contribution in [3.05, 3.63) is 34.6 Å². The van der Waals surface area contributed by atoms with Gasteiger partial charge in [-0.1, -0.05) is 17.7 Å². The molecule has 2 N–H and O–H groups in total. The number of aliphatic hydroxyl groups excluding tert-OH is 2. The first-order valence-corrected chi connectivity index (χ1v) is 8.88. The minimum absolute atomic E-state index is 0.0442. The fourth-order valence-electron chi connectivity index (χ4n) is 2.89. The number of hydrogen-bond donors (Lipinski definition) is 2. The van der Waals surface area contributed by atoms with Crippen LogP contribution in [-0.2, 0) is 16.3 Å². The highest BCUT2D eigenvalue weighted by Crippen LogP contribution is 2.39. The van der Waals surface area contributed by atoms with Crippen molar-refractivity contribution in [2.24, 2.45) is 11.3 Å². The predicted octanol–water partition coefficient (Wildman–Crippen LogP) is 1.43. The summed E-state index contributed by atoms with van der Waals surface area (Å²) in [5, 5.41) is 19.7. The Labute approximate surface area is 128 Å². The van der Waals surface area contributed by atoms with E-state index in [2.05, 4.69) is 0 Å². The molecule has 1 heterocycles. The van der Waals surface area contributed by atoms with Crippen LogP contribution in [0.1, 0.15) is 12.0 Å². The van der Waals surface area contributed by atoms with Gasteiger partial charge in [-0.2, -0.15) is 0 Å². The largest absolute Gasteiger partial charge is 0.396 e. The van der Waals surface area contributed by atoms with Gasteiger partial charge in [0.15, 0.2) is 9.84 Å². The number of halogens is 2. The third-order valence-corrected chi connectivity index (χ3v) is 6.29. The Balaban J connectivity index is 2.30. The molecule has 1 atom stereocenters. The van der Waals surface area contributed by atoms with E-state index in [1.54, 1.807) is 0 Å². The molecule has 0 aromatic heterocycles. The molecule has 1 fully saturated rings. The predicted molar refractivity (Wildman–Crippen MR) is 78.5 cm³/mol. The van der Waals surface area contributed by atoms with E-state index in [0.717, 1.165) is 0 Å². The zero-order valence-electron chi connectivity index (χ0n) is 11.4. The number of hydrogen-bond acceptors (Lipinski definition) is 4. The molecule has 4 nitrogen and oxygen atoms in total. The van der Waals surface area contributed by atoms with Crippen LogP contribution in [0.4, 0.5) is 4.39 Å². The van der Waals surface area contributed by atoms with E-state index in [0.29, 0.717) is 12.0 Å². The van der Waals surface area contributed by atoms with Crippen molar-refractivity contribution in [1.82, 2.24) is 0 Å². The molecule has 0 aliphatic carbocycles. The summed E-state index contributed by atoms with van der Waals surface area (Å²) in [7, 11) is -3.15. The summed E-state index contributed by atoms with van der Waals surface area (Å²) in [5.41, 5.74) is -0.732. The Bertz CT molecular complexity index is 613. The van der Waals surface area contributed by atoms with Gasteiger partial charge in [0.25, 0.3) is 0 Å². The highest BCUT2D eigenvalue weighted by atomic mass is 35.5. The molecule has 0 amide bonds. The summed E-state index contributed by atoms with van der Waals surface area (Å²) in [6.45, 7) is -0.794. The van der Waals surface area contributed by atoms with Gasteiger partial charge in [-0.25, -0.2) is 12.8 Å². The number of sulfone groups is 1. The van der Waals surface area contributed by atoms with E-state index >= 15 is 0 Å². The molecule has 1 unspecified atom stereocenters. The van der Waals surface area contributed by atoms with E-state index in [4.69, 9.17) is 11.6 Å². The van der Waals surface area contributed by atoms with Crippen LogP contribution in [0.2, 0.25) is 5.02 Å². The lowest BCUT2D eigenvalue weighted by atomic mass is 9.72. The van der Waals surface area contributed by atoms with Crippen LogP contribution in [-0.4, -0.2) is 43.4 Å². The first-order valence-electron chi connectivity index (χ1n) is 6.68. The normalized spacial score (nSPS) is 21.6. The average Bonchev–Trinajstić information content (AvgIpc) is 2.79. The minimum atomic E-state index is -3.15. The van der Waals surface area contributed by atoms with Crippen LogP contribution in [0, 0.1) is 17.2 Å². The first-order chi connectivity index (χ1) is 9.82. The van der Waals surface area contributed by atoms with Crippen molar-refractivity contribution >= 4 is 21.4 Å². The van der Waals surface area contributed by atoms with E-state index in [-0.39, 0.29) is 28.9 Å².